The third kappa shape index (κ3) is 3.54. The number of hydrogen-bond acceptors (Lipinski definition) is 3. The molecule has 1 saturated heterocycles. The first-order valence-corrected chi connectivity index (χ1v) is 10.7. The van der Waals surface area contributed by atoms with Crippen LogP contribution in [0.5, 0.6) is 0 Å². The number of carbonyl (C=O) groups excluding carboxylic acids is 1. The largest absolute Gasteiger partial charge is 0.349 e. The van der Waals surface area contributed by atoms with Crippen LogP contribution in [0.15, 0.2) is 30.3 Å². The van der Waals surface area contributed by atoms with E-state index in [2.05, 4.69) is 66.2 Å². The Hall–Kier alpha value is -1.39. The molecule has 4 heteroatoms. The number of piperazine rings is 1. The minimum absolute atomic E-state index is 0.0396. The molecule has 0 spiro atoms. The first kappa shape index (κ1) is 18.9. The van der Waals surface area contributed by atoms with Gasteiger partial charge in [-0.05, 0) is 49.0 Å². The summed E-state index contributed by atoms with van der Waals surface area (Å²) in [6.07, 6.45) is 3.91. The maximum atomic E-state index is 12.8. The van der Waals surface area contributed by atoms with Crippen molar-refractivity contribution in [2.75, 3.05) is 32.7 Å². The molecular weight excluding hydrogens is 334 g/mol. The third-order valence-corrected chi connectivity index (χ3v) is 8.09. The first-order valence-electron chi connectivity index (χ1n) is 10.7. The number of carbonyl (C=O) groups is 1. The van der Waals surface area contributed by atoms with E-state index in [0.717, 1.165) is 38.6 Å². The fourth-order valence-electron chi connectivity index (χ4n) is 5.85. The van der Waals surface area contributed by atoms with Crippen molar-refractivity contribution in [1.82, 2.24) is 15.1 Å². The van der Waals surface area contributed by atoms with Crippen LogP contribution in [0.2, 0.25) is 0 Å². The number of nitrogens with zero attached hydrogens (tertiary/aromatic N) is 2. The van der Waals surface area contributed by atoms with E-state index in [1.807, 2.05) is 0 Å². The summed E-state index contributed by atoms with van der Waals surface area (Å²) in [6.45, 7) is 12.6. The molecule has 1 amide bonds. The van der Waals surface area contributed by atoms with E-state index in [1.54, 1.807) is 0 Å². The smallest absolute Gasteiger partial charge is 0.234 e. The molecule has 1 aliphatic heterocycles. The van der Waals surface area contributed by atoms with E-state index < -0.39 is 0 Å². The lowest BCUT2D eigenvalue weighted by Crippen LogP contribution is -2.61. The van der Waals surface area contributed by atoms with E-state index in [9.17, 15) is 4.79 Å². The zero-order chi connectivity index (χ0) is 19.1. The van der Waals surface area contributed by atoms with Crippen molar-refractivity contribution in [2.24, 2.45) is 17.3 Å². The average Bonchev–Trinajstić information content (AvgIpc) is 3.20. The van der Waals surface area contributed by atoms with E-state index in [0.29, 0.717) is 12.5 Å². The van der Waals surface area contributed by atoms with Gasteiger partial charge in [0, 0.05) is 38.3 Å². The standard InChI is InChI=1S/C23H35N3O/c1-22(2)19-9-10-20(15-19)23(22,3)24-21(27)17-26-13-11-25(12-14-26)16-18-7-5-4-6-8-18/h4-8,19-20H,9-17H2,1-3H3,(H,24,27)/t19-,20-,23-/m0/s1. The summed E-state index contributed by atoms with van der Waals surface area (Å²) in [5.74, 6) is 1.65. The van der Waals surface area contributed by atoms with Crippen LogP contribution in [-0.4, -0.2) is 54.0 Å². The van der Waals surface area contributed by atoms with Gasteiger partial charge in [0.05, 0.1) is 6.54 Å². The summed E-state index contributed by atoms with van der Waals surface area (Å²) in [7, 11) is 0. The van der Waals surface area contributed by atoms with Gasteiger partial charge in [-0.15, -0.1) is 0 Å². The SMILES string of the molecule is CC1(C)[C@H]2CC[C@@H](C2)[C@]1(C)NC(=O)CN1CCN(Cc2ccccc2)CC1. The molecular formula is C23H35N3O. The maximum absolute atomic E-state index is 12.8. The molecule has 4 rings (SSSR count). The molecule has 4 nitrogen and oxygen atoms in total. The van der Waals surface area contributed by atoms with E-state index in [4.69, 9.17) is 0 Å². The van der Waals surface area contributed by atoms with Crippen LogP contribution in [0.25, 0.3) is 0 Å². The van der Waals surface area contributed by atoms with E-state index in [1.165, 1.54) is 24.8 Å². The Morgan fingerprint density at radius 1 is 1.00 bits per heavy atom. The zero-order valence-electron chi connectivity index (χ0n) is 17.2. The molecule has 2 saturated carbocycles. The van der Waals surface area contributed by atoms with E-state index >= 15 is 0 Å². The molecule has 0 aromatic heterocycles. The maximum Gasteiger partial charge on any atom is 0.234 e. The minimum Gasteiger partial charge on any atom is -0.349 e. The lowest BCUT2D eigenvalue weighted by Gasteiger charge is -2.48. The Balaban J connectivity index is 1.26. The van der Waals surface area contributed by atoms with Crippen molar-refractivity contribution >= 4 is 5.91 Å². The number of benzene rings is 1. The highest BCUT2D eigenvalue weighted by Gasteiger charge is 2.60. The van der Waals surface area contributed by atoms with Gasteiger partial charge in [-0.25, -0.2) is 0 Å². The third-order valence-electron chi connectivity index (χ3n) is 8.09. The number of hydrogen-bond donors (Lipinski definition) is 1. The van der Waals surface area contributed by atoms with Gasteiger partial charge in [0.2, 0.25) is 5.91 Å². The number of rotatable bonds is 5. The van der Waals surface area contributed by atoms with Gasteiger partial charge in [-0.1, -0.05) is 44.2 Å². The van der Waals surface area contributed by atoms with Gasteiger partial charge in [0.25, 0.3) is 0 Å². The molecule has 27 heavy (non-hydrogen) atoms. The molecule has 3 fully saturated rings. The Labute approximate surface area is 164 Å². The fraction of sp³-hybridized carbons (Fsp3) is 0.696. The van der Waals surface area contributed by atoms with Crippen molar-refractivity contribution in [2.45, 2.75) is 52.1 Å². The number of nitrogens with one attached hydrogen (secondary N) is 1. The van der Waals surface area contributed by atoms with Crippen LogP contribution in [-0.2, 0) is 11.3 Å². The summed E-state index contributed by atoms with van der Waals surface area (Å²) < 4.78 is 0. The van der Waals surface area contributed by atoms with Crippen LogP contribution in [0.3, 0.4) is 0 Å². The van der Waals surface area contributed by atoms with Crippen LogP contribution in [0.1, 0.15) is 45.6 Å². The van der Waals surface area contributed by atoms with Gasteiger partial charge < -0.3 is 5.32 Å². The quantitative estimate of drug-likeness (QED) is 0.866. The van der Waals surface area contributed by atoms with Crippen LogP contribution in [0, 0.1) is 17.3 Å². The number of amides is 1. The molecule has 3 atom stereocenters. The minimum atomic E-state index is -0.0396. The van der Waals surface area contributed by atoms with Gasteiger partial charge >= 0.3 is 0 Å². The number of fused-ring (bicyclic) bond motifs is 2. The molecule has 3 aliphatic rings. The van der Waals surface area contributed by atoms with Crippen LogP contribution in [0.4, 0.5) is 0 Å². The van der Waals surface area contributed by atoms with Crippen molar-refractivity contribution in [1.29, 1.82) is 0 Å². The summed E-state index contributed by atoms with van der Waals surface area (Å²) >= 11 is 0. The Morgan fingerprint density at radius 3 is 2.26 bits per heavy atom. The average molecular weight is 370 g/mol. The summed E-state index contributed by atoms with van der Waals surface area (Å²) in [5, 5.41) is 3.48. The summed E-state index contributed by atoms with van der Waals surface area (Å²) in [4.78, 5) is 17.7. The van der Waals surface area contributed by atoms with Gasteiger partial charge in [-0.3, -0.25) is 14.6 Å². The normalized spacial score (nSPS) is 33.3. The van der Waals surface area contributed by atoms with Gasteiger partial charge in [-0.2, -0.15) is 0 Å². The molecule has 1 aromatic rings. The molecule has 1 aromatic carbocycles. The molecule has 0 unspecified atom stereocenters. The second-order valence-corrected chi connectivity index (χ2v) is 9.72. The van der Waals surface area contributed by atoms with Gasteiger partial charge in [0.15, 0.2) is 0 Å². The predicted molar refractivity (Wildman–Crippen MR) is 109 cm³/mol. The van der Waals surface area contributed by atoms with Gasteiger partial charge in [0.1, 0.15) is 0 Å². The summed E-state index contributed by atoms with van der Waals surface area (Å²) in [6, 6.07) is 10.7. The monoisotopic (exact) mass is 369 g/mol. The molecule has 1 N–H and O–H groups in total. The van der Waals surface area contributed by atoms with E-state index in [-0.39, 0.29) is 16.9 Å². The Bertz CT molecular complexity index is 665. The predicted octanol–water partition coefficient (Wildman–Crippen LogP) is 3.14. The highest BCUT2D eigenvalue weighted by molar-refractivity contribution is 5.79. The molecule has 1 heterocycles. The Kier molecular flexibility index (Phi) is 5.06. The van der Waals surface area contributed by atoms with Crippen molar-refractivity contribution in [3.8, 4) is 0 Å². The molecule has 2 aliphatic carbocycles. The lowest BCUT2D eigenvalue weighted by atomic mass is 9.64. The van der Waals surface area contributed by atoms with Crippen LogP contribution >= 0.6 is 0 Å². The Morgan fingerprint density at radius 2 is 1.63 bits per heavy atom. The summed E-state index contributed by atoms with van der Waals surface area (Å²) in [5.41, 5.74) is 1.54. The lowest BCUT2D eigenvalue weighted by molar-refractivity contribution is -0.127. The first-order chi connectivity index (χ1) is 12.9. The van der Waals surface area contributed by atoms with Crippen molar-refractivity contribution in [3.63, 3.8) is 0 Å². The highest BCUT2D eigenvalue weighted by Crippen LogP contribution is 2.61. The van der Waals surface area contributed by atoms with Crippen LogP contribution < -0.4 is 5.32 Å². The second-order valence-electron chi connectivity index (χ2n) is 9.72. The highest BCUT2D eigenvalue weighted by atomic mass is 16.2. The molecule has 2 bridgehead atoms. The molecule has 148 valence electrons. The fourth-order valence-corrected chi connectivity index (χ4v) is 5.85. The van der Waals surface area contributed by atoms with Crippen molar-refractivity contribution < 1.29 is 4.79 Å². The topological polar surface area (TPSA) is 35.6 Å². The van der Waals surface area contributed by atoms with Crippen molar-refractivity contribution in [3.05, 3.63) is 35.9 Å². The second kappa shape index (κ2) is 7.21. The molecule has 0 radical (unpaired) electrons. The zero-order valence-corrected chi connectivity index (χ0v) is 17.2.